The highest BCUT2D eigenvalue weighted by molar-refractivity contribution is 5.78. The van der Waals surface area contributed by atoms with Crippen molar-refractivity contribution in [1.29, 1.82) is 0 Å². The SMILES string of the molecule is C=O.CC.CC(=O)C1CCCCC1.CO. The van der Waals surface area contributed by atoms with Crippen molar-refractivity contribution < 1.29 is 14.7 Å². The van der Waals surface area contributed by atoms with E-state index in [2.05, 4.69) is 0 Å². The Hall–Kier alpha value is -0.700. The van der Waals surface area contributed by atoms with Crippen LogP contribution in [0.4, 0.5) is 0 Å². The lowest BCUT2D eigenvalue weighted by molar-refractivity contribution is -0.121. The van der Waals surface area contributed by atoms with Crippen molar-refractivity contribution in [3.05, 3.63) is 0 Å². The maximum Gasteiger partial charge on any atom is 0.132 e. The highest BCUT2D eigenvalue weighted by Crippen LogP contribution is 2.23. The van der Waals surface area contributed by atoms with Gasteiger partial charge in [-0.25, -0.2) is 0 Å². The van der Waals surface area contributed by atoms with Gasteiger partial charge >= 0.3 is 0 Å². The molecule has 0 saturated heterocycles. The van der Waals surface area contributed by atoms with Gasteiger partial charge in [0.25, 0.3) is 0 Å². The lowest BCUT2D eigenvalue weighted by atomic mass is 9.87. The van der Waals surface area contributed by atoms with Gasteiger partial charge in [0, 0.05) is 13.0 Å². The molecule has 92 valence electrons. The number of carbonyl (C=O) groups excluding carboxylic acids is 2. The lowest BCUT2D eigenvalue weighted by Crippen LogP contribution is -2.13. The normalized spacial score (nSPS) is 14.2. The van der Waals surface area contributed by atoms with E-state index in [4.69, 9.17) is 9.90 Å². The molecule has 1 fully saturated rings. The van der Waals surface area contributed by atoms with Gasteiger partial charge in [0.05, 0.1) is 0 Å². The van der Waals surface area contributed by atoms with Crippen LogP contribution in [0.2, 0.25) is 0 Å². The van der Waals surface area contributed by atoms with Crippen LogP contribution in [0.15, 0.2) is 0 Å². The average molecular weight is 218 g/mol. The molecule has 0 aliphatic heterocycles. The molecular weight excluding hydrogens is 192 g/mol. The molecule has 0 bridgehead atoms. The minimum absolute atomic E-state index is 0.398. The van der Waals surface area contributed by atoms with E-state index in [1.54, 1.807) is 6.92 Å². The van der Waals surface area contributed by atoms with Gasteiger partial charge in [-0.05, 0) is 19.8 Å². The predicted molar refractivity (Wildman–Crippen MR) is 63.9 cm³/mol. The van der Waals surface area contributed by atoms with Crippen molar-refractivity contribution in [2.24, 2.45) is 5.92 Å². The van der Waals surface area contributed by atoms with Crippen molar-refractivity contribution in [3.8, 4) is 0 Å². The molecule has 0 unspecified atom stereocenters. The summed E-state index contributed by atoms with van der Waals surface area (Å²) in [5.41, 5.74) is 0. The lowest BCUT2D eigenvalue weighted by Gasteiger charge is -2.17. The number of aliphatic hydroxyl groups is 1. The standard InChI is InChI=1S/C8H14O.C2H6.CH4O.CH2O/c1-7(9)8-5-3-2-4-6-8;3*1-2/h8H,2-6H2,1H3;1-2H3;2H,1H3;1H2. The van der Waals surface area contributed by atoms with E-state index in [1.165, 1.54) is 19.3 Å². The van der Waals surface area contributed by atoms with Gasteiger partial charge in [0.1, 0.15) is 12.6 Å². The highest BCUT2D eigenvalue weighted by atomic mass is 16.2. The number of Topliss-reactive ketones (excluding diaryl/α,β-unsaturated/α-hetero) is 1. The van der Waals surface area contributed by atoms with E-state index in [9.17, 15) is 4.79 Å². The van der Waals surface area contributed by atoms with E-state index < -0.39 is 0 Å². The van der Waals surface area contributed by atoms with Gasteiger partial charge in [0.15, 0.2) is 0 Å². The molecule has 1 rings (SSSR count). The molecule has 1 saturated carbocycles. The number of rotatable bonds is 1. The van der Waals surface area contributed by atoms with E-state index in [1.807, 2.05) is 20.6 Å². The molecule has 0 aromatic carbocycles. The summed E-state index contributed by atoms with van der Waals surface area (Å²) >= 11 is 0. The molecule has 0 amide bonds. The fourth-order valence-electron chi connectivity index (χ4n) is 1.51. The molecule has 0 aromatic heterocycles. The first kappa shape index (κ1) is 19.8. The van der Waals surface area contributed by atoms with Gasteiger partial charge < -0.3 is 9.90 Å². The third-order valence-corrected chi connectivity index (χ3v) is 2.18. The molecule has 0 heterocycles. The van der Waals surface area contributed by atoms with Crippen molar-refractivity contribution >= 4 is 12.6 Å². The van der Waals surface area contributed by atoms with Crippen LogP contribution in [0.25, 0.3) is 0 Å². The minimum atomic E-state index is 0.398. The maximum atomic E-state index is 10.8. The number of aliphatic hydroxyl groups excluding tert-OH is 1. The van der Waals surface area contributed by atoms with Gasteiger partial charge in [-0.1, -0.05) is 33.1 Å². The number of ketones is 1. The summed E-state index contributed by atoms with van der Waals surface area (Å²) in [7, 11) is 1.00. The van der Waals surface area contributed by atoms with Crippen LogP contribution in [-0.2, 0) is 9.59 Å². The molecular formula is C12H26O3. The second-order valence-electron chi connectivity index (χ2n) is 2.95. The molecule has 3 heteroatoms. The van der Waals surface area contributed by atoms with Gasteiger partial charge in [-0.2, -0.15) is 0 Å². The number of hydrogen-bond acceptors (Lipinski definition) is 3. The Labute approximate surface area is 93.9 Å². The Balaban J connectivity index is -0.000000208. The molecule has 3 nitrogen and oxygen atoms in total. The molecule has 1 aliphatic carbocycles. The molecule has 1 N–H and O–H groups in total. The Bertz CT molecular complexity index is 118. The third-order valence-electron chi connectivity index (χ3n) is 2.18. The highest BCUT2D eigenvalue weighted by Gasteiger charge is 2.16. The number of hydrogen-bond donors (Lipinski definition) is 1. The first-order valence-electron chi connectivity index (χ1n) is 5.55. The van der Waals surface area contributed by atoms with E-state index >= 15 is 0 Å². The van der Waals surface area contributed by atoms with Crippen LogP contribution in [0.5, 0.6) is 0 Å². The van der Waals surface area contributed by atoms with Crippen molar-refractivity contribution in [3.63, 3.8) is 0 Å². The van der Waals surface area contributed by atoms with E-state index in [-0.39, 0.29) is 0 Å². The number of carbonyl (C=O) groups is 2. The molecule has 0 atom stereocenters. The first-order valence-corrected chi connectivity index (χ1v) is 5.55. The second-order valence-corrected chi connectivity index (χ2v) is 2.95. The van der Waals surface area contributed by atoms with Crippen LogP contribution in [0, 0.1) is 5.92 Å². The van der Waals surface area contributed by atoms with Gasteiger partial charge in [0.2, 0.25) is 0 Å². The van der Waals surface area contributed by atoms with E-state index in [0.29, 0.717) is 11.7 Å². The molecule has 0 aromatic rings. The van der Waals surface area contributed by atoms with Gasteiger partial charge in [-0.15, -0.1) is 0 Å². The van der Waals surface area contributed by atoms with E-state index in [0.717, 1.165) is 20.0 Å². The van der Waals surface area contributed by atoms with Gasteiger partial charge in [-0.3, -0.25) is 4.79 Å². The summed E-state index contributed by atoms with van der Waals surface area (Å²) in [4.78, 5) is 18.8. The zero-order chi connectivity index (χ0) is 12.7. The van der Waals surface area contributed by atoms with Crippen LogP contribution in [0.1, 0.15) is 52.9 Å². The molecule has 0 radical (unpaired) electrons. The maximum absolute atomic E-state index is 10.8. The van der Waals surface area contributed by atoms with Crippen LogP contribution < -0.4 is 0 Å². The summed E-state index contributed by atoms with van der Waals surface area (Å²) in [6, 6.07) is 0. The third kappa shape index (κ3) is 13.3. The monoisotopic (exact) mass is 218 g/mol. The van der Waals surface area contributed by atoms with Crippen LogP contribution >= 0.6 is 0 Å². The smallest absolute Gasteiger partial charge is 0.132 e. The fraction of sp³-hybridized carbons (Fsp3) is 0.833. The van der Waals surface area contributed by atoms with Crippen LogP contribution in [-0.4, -0.2) is 24.8 Å². The Morgan fingerprint density at radius 2 is 1.40 bits per heavy atom. The second kappa shape index (κ2) is 19.0. The molecule has 0 spiro atoms. The summed E-state index contributed by atoms with van der Waals surface area (Å²) < 4.78 is 0. The minimum Gasteiger partial charge on any atom is -0.400 e. The predicted octanol–water partition coefficient (Wildman–Crippen LogP) is 2.61. The summed E-state index contributed by atoms with van der Waals surface area (Å²) in [5.74, 6) is 0.813. The Kier molecular flexibility index (Phi) is 25.0. The Morgan fingerprint density at radius 3 is 1.60 bits per heavy atom. The Morgan fingerprint density at radius 1 is 1.07 bits per heavy atom. The zero-order valence-electron chi connectivity index (χ0n) is 10.6. The molecule has 1 aliphatic rings. The largest absolute Gasteiger partial charge is 0.400 e. The summed E-state index contributed by atoms with van der Waals surface area (Å²) in [6.45, 7) is 7.72. The average Bonchev–Trinajstić information content (AvgIpc) is 2.38. The summed E-state index contributed by atoms with van der Waals surface area (Å²) in [5, 5.41) is 7.00. The van der Waals surface area contributed by atoms with Crippen LogP contribution in [0.3, 0.4) is 0 Å². The molecule has 15 heavy (non-hydrogen) atoms. The topological polar surface area (TPSA) is 54.4 Å². The first-order chi connectivity index (χ1) is 7.30. The quantitative estimate of drug-likeness (QED) is 0.736. The zero-order valence-corrected chi connectivity index (χ0v) is 10.6. The summed E-state index contributed by atoms with van der Waals surface area (Å²) in [6.07, 6.45) is 6.17. The van der Waals surface area contributed by atoms with Crippen molar-refractivity contribution in [1.82, 2.24) is 0 Å². The fourth-order valence-corrected chi connectivity index (χ4v) is 1.51. The van der Waals surface area contributed by atoms with Crippen molar-refractivity contribution in [2.75, 3.05) is 7.11 Å². The van der Waals surface area contributed by atoms with Crippen molar-refractivity contribution in [2.45, 2.75) is 52.9 Å².